The third-order valence-corrected chi connectivity index (χ3v) is 10.6. The predicted octanol–water partition coefficient (Wildman–Crippen LogP) is 10.8. The van der Waals surface area contributed by atoms with Gasteiger partial charge in [-0.05, 0) is 72.0 Å². The Kier molecular flexibility index (Phi) is 5.91. The van der Waals surface area contributed by atoms with Gasteiger partial charge in [0.1, 0.15) is 0 Å². The molecule has 1 saturated carbocycles. The average Bonchev–Trinajstić information content (AvgIpc) is 3.62. The lowest BCUT2D eigenvalue weighted by molar-refractivity contribution is 0.346. The molecule has 2 atom stereocenters. The molecule has 0 saturated heterocycles. The van der Waals surface area contributed by atoms with E-state index in [2.05, 4.69) is 155 Å². The Hall–Kier alpha value is -4.82. The van der Waals surface area contributed by atoms with Crippen LogP contribution in [0.4, 0.5) is 11.4 Å². The second kappa shape index (κ2) is 10.1. The van der Waals surface area contributed by atoms with E-state index in [1.54, 1.807) is 0 Å². The summed E-state index contributed by atoms with van der Waals surface area (Å²) in [6, 6.07) is 46.0. The molecule has 2 aliphatic carbocycles. The molecule has 6 aromatic rings. The number of hydrogen-bond acceptors (Lipinski definition) is 1. The van der Waals surface area contributed by atoms with Crippen LogP contribution in [-0.4, -0.2) is 10.6 Å². The highest BCUT2D eigenvalue weighted by Gasteiger charge is 2.38. The zero-order valence-electron chi connectivity index (χ0n) is 24.9. The number of hydrogen-bond donors (Lipinski definition) is 0. The first-order valence-corrected chi connectivity index (χ1v) is 16.2. The fourth-order valence-corrected chi connectivity index (χ4v) is 8.56. The van der Waals surface area contributed by atoms with Crippen LogP contribution < -0.4 is 4.90 Å². The molecule has 3 aliphatic rings. The van der Waals surface area contributed by atoms with Crippen molar-refractivity contribution in [1.82, 2.24) is 4.57 Å². The van der Waals surface area contributed by atoms with E-state index in [0.717, 1.165) is 0 Å². The minimum absolute atomic E-state index is 0.0507. The lowest BCUT2D eigenvalue weighted by Gasteiger charge is -2.39. The van der Waals surface area contributed by atoms with Gasteiger partial charge in [-0.2, -0.15) is 0 Å². The summed E-state index contributed by atoms with van der Waals surface area (Å²) in [5.41, 5.74) is 10.7. The van der Waals surface area contributed by atoms with Crippen molar-refractivity contribution in [3.05, 3.63) is 162 Å². The molecule has 2 heteroatoms. The molecule has 44 heavy (non-hydrogen) atoms. The SMILES string of the molecule is C1=CC2c3ccccc3N(c3ccc(C4(c5ccc(-n6c7ccccc7c7ccccc76)cc5)CCCCC4)cc3)C2C=C1. The van der Waals surface area contributed by atoms with Crippen LogP contribution in [0.2, 0.25) is 0 Å². The van der Waals surface area contributed by atoms with Crippen molar-refractivity contribution < 1.29 is 0 Å². The molecule has 0 amide bonds. The minimum Gasteiger partial charge on any atom is -0.333 e. The topological polar surface area (TPSA) is 8.17 Å². The van der Waals surface area contributed by atoms with E-state index in [1.807, 2.05) is 0 Å². The highest BCUT2D eigenvalue weighted by molar-refractivity contribution is 6.09. The standard InChI is InChI=1S/C42H36N2/c1-10-28-42(29-11-1,30-20-24-32(25-21-30)43-38-16-6-2-12-34(38)35-13-3-7-17-39(35)43)31-22-26-33(27-23-31)44-40-18-8-4-14-36(40)37-15-5-9-19-41(37)44/h2-9,12-27,34,38H,1,10-11,28-29H2. The first kappa shape index (κ1) is 25.7. The van der Waals surface area contributed by atoms with Crippen LogP contribution in [0.1, 0.15) is 54.7 Å². The maximum atomic E-state index is 2.54. The third kappa shape index (κ3) is 3.80. The number of aromatic nitrogens is 1. The summed E-state index contributed by atoms with van der Waals surface area (Å²) >= 11 is 0. The summed E-state index contributed by atoms with van der Waals surface area (Å²) in [6.45, 7) is 0. The average molecular weight is 569 g/mol. The Morgan fingerprint density at radius 3 is 1.77 bits per heavy atom. The number of rotatable bonds is 4. The molecule has 2 heterocycles. The summed E-state index contributed by atoms with van der Waals surface area (Å²) in [6.07, 6.45) is 15.4. The van der Waals surface area contributed by atoms with Crippen molar-refractivity contribution in [3.63, 3.8) is 0 Å². The molecule has 2 unspecified atom stereocenters. The summed E-state index contributed by atoms with van der Waals surface area (Å²) in [5.74, 6) is 0.411. The minimum atomic E-state index is 0.0507. The van der Waals surface area contributed by atoms with E-state index < -0.39 is 0 Å². The van der Waals surface area contributed by atoms with Gasteiger partial charge in [0, 0.05) is 39.2 Å². The van der Waals surface area contributed by atoms with Gasteiger partial charge < -0.3 is 9.47 Å². The van der Waals surface area contributed by atoms with E-state index in [4.69, 9.17) is 0 Å². The van der Waals surface area contributed by atoms with Crippen LogP contribution in [0.25, 0.3) is 27.5 Å². The van der Waals surface area contributed by atoms with E-state index in [1.165, 1.54) is 87.7 Å². The zero-order valence-corrected chi connectivity index (χ0v) is 24.9. The maximum absolute atomic E-state index is 2.54. The first-order valence-electron chi connectivity index (χ1n) is 16.2. The number of nitrogens with zero attached hydrogens (tertiary/aromatic N) is 2. The number of anilines is 2. The number of benzene rings is 5. The number of para-hydroxylation sites is 3. The van der Waals surface area contributed by atoms with Crippen LogP contribution in [-0.2, 0) is 5.41 Å². The molecule has 0 bridgehead atoms. The molecule has 1 fully saturated rings. The second-order valence-corrected chi connectivity index (χ2v) is 12.8. The number of fused-ring (bicyclic) bond motifs is 6. The Morgan fingerprint density at radius 2 is 1.09 bits per heavy atom. The molecule has 214 valence electrons. The van der Waals surface area contributed by atoms with Gasteiger partial charge >= 0.3 is 0 Å². The molecule has 0 N–H and O–H groups in total. The smallest absolute Gasteiger partial charge is 0.0629 e. The van der Waals surface area contributed by atoms with Gasteiger partial charge in [-0.3, -0.25) is 0 Å². The van der Waals surface area contributed by atoms with E-state index in [9.17, 15) is 0 Å². The molecule has 0 spiro atoms. The van der Waals surface area contributed by atoms with Crippen molar-refractivity contribution >= 4 is 33.2 Å². The van der Waals surface area contributed by atoms with Crippen LogP contribution in [0, 0.1) is 0 Å². The third-order valence-electron chi connectivity index (χ3n) is 10.6. The molecular weight excluding hydrogens is 532 g/mol. The monoisotopic (exact) mass is 568 g/mol. The Morgan fingerprint density at radius 1 is 0.523 bits per heavy atom. The molecule has 1 aromatic heterocycles. The van der Waals surface area contributed by atoms with Gasteiger partial charge in [0.15, 0.2) is 0 Å². The van der Waals surface area contributed by atoms with Crippen LogP contribution in [0.3, 0.4) is 0 Å². The first-order chi connectivity index (χ1) is 21.8. The largest absolute Gasteiger partial charge is 0.333 e. The van der Waals surface area contributed by atoms with Crippen molar-refractivity contribution in [2.45, 2.75) is 49.5 Å². The van der Waals surface area contributed by atoms with Crippen LogP contribution >= 0.6 is 0 Å². The van der Waals surface area contributed by atoms with Crippen LogP contribution in [0.5, 0.6) is 0 Å². The second-order valence-electron chi connectivity index (χ2n) is 12.8. The van der Waals surface area contributed by atoms with Crippen molar-refractivity contribution in [1.29, 1.82) is 0 Å². The lowest BCUT2D eigenvalue weighted by atomic mass is 9.65. The number of allylic oxidation sites excluding steroid dienone is 2. The van der Waals surface area contributed by atoms with Crippen LogP contribution in [0.15, 0.2) is 146 Å². The fraction of sp³-hybridized carbons (Fsp3) is 0.190. The highest BCUT2D eigenvalue weighted by atomic mass is 15.2. The van der Waals surface area contributed by atoms with Crippen molar-refractivity contribution in [2.24, 2.45) is 0 Å². The van der Waals surface area contributed by atoms with Gasteiger partial charge in [0.05, 0.1) is 17.1 Å². The van der Waals surface area contributed by atoms with Gasteiger partial charge in [-0.1, -0.05) is 122 Å². The summed E-state index contributed by atoms with van der Waals surface area (Å²) in [7, 11) is 0. The van der Waals surface area contributed by atoms with Crippen molar-refractivity contribution in [2.75, 3.05) is 4.90 Å². The van der Waals surface area contributed by atoms with Gasteiger partial charge in [0.25, 0.3) is 0 Å². The van der Waals surface area contributed by atoms with Gasteiger partial charge in [-0.25, -0.2) is 0 Å². The Bertz CT molecular complexity index is 2000. The molecule has 2 nitrogen and oxygen atoms in total. The lowest BCUT2D eigenvalue weighted by Crippen LogP contribution is -2.31. The normalized spacial score (nSPS) is 20.2. The highest BCUT2D eigenvalue weighted by Crippen LogP contribution is 2.49. The summed E-state index contributed by atoms with van der Waals surface area (Å²) < 4.78 is 2.42. The van der Waals surface area contributed by atoms with E-state index >= 15 is 0 Å². The van der Waals surface area contributed by atoms with Gasteiger partial charge in [0.2, 0.25) is 0 Å². The molecule has 9 rings (SSSR count). The van der Waals surface area contributed by atoms with E-state index in [0.29, 0.717) is 12.0 Å². The van der Waals surface area contributed by atoms with E-state index in [-0.39, 0.29) is 5.41 Å². The van der Waals surface area contributed by atoms with Crippen molar-refractivity contribution in [3.8, 4) is 5.69 Å². The fourth-order valence-electron chi connectivity index (χ4n) is 8.56. The molecular formula is C42H36N2. The maximum Gasteiger partial charge on any atom is 0.0629 e. The summed E-state index contributed by atoms with van der Waals surface area (Å²) in [5, 5.41) is 2.62. The summed E-state index contributed by atoms with van der Waals surface area (Å²) in [4.78, 5) is 2.54. The predicted molar refractivity (Wildman–Crippen MR) is 184 cm³/mol. The quantitative estimate of drug-likeness (QED) is 0.205. The molecule has 1 aliphatic heterocycles. The molecule has 5 aromatic carbocycles. The zero-order chi connectivity index (χ0) is 29.1. The molecule has 0 radical (unpaired) electrons. The van der Waals surface area contributed by atoms with Gasteiger partial charge in [-0.15, -0.1) is 0 Å². The Labute approximate surface area is 259 Å². The Balaban J connectivity index is 1.10.